The lowest BCUT2D eigenvalue weighted by Gasteiger charge is -2.35. The number of nitriles is 1. The van der Waals surface area contributed by atoms with Crippen molar-refractivity contribution in [2.24, 2.45) is 0 Å². The highest BCUT2D eigenvalue weighted by Crippen LogP contribution is 2.23. The molecule has 0 spiro atoms. The van der Waals surface area contributed by atoms with Gasteiger partial charge in [-0.3, -0.25) is 9.78 Å². The normalized spacial score (nSPS) is 17.0. The lowest BCUT2D eigenvalue weighted by Crippen LogP contribution is -2.43. The van der Waals surface area contributed by atoms with Gasteiger partial charge in [-0.05, 0) is 49.9 Å². The standard InChI is InChI=1S/C20H22N4O/c1-2-19-8-3-4-9-24(19)20(25)16-11-18(14-22-13-16)23-17-7-5-6-15(10-17)12-21/h5-7,10-11,13-14,19,23H,2-4,8-9H2,1H3. The summed E-state index contributed by atoms with van der Waals surface area (Å²) in [6, 6.07) is 11.5. The predicted octanol–water partition coefficient (Wildman–Crippen LogP) is 4.10. The van der Waals surface area contributed by atoms with Crippen LogP contribution in [0.4, 0.5) is 11.4 Å². The molecule has 1 amide bonds. The number of anilines is 2. The number of amides is 1. The van der Waals surface area contributed by atoms with E-state index in [1.54, 1.807) is 24.5 Å². The minimum atomic E-state index is 0.0495. The number of hydrogen-bond donors (Lipinski definition) is 1. The zero-order valence-electron chi connectivity index (χ0n) is 14.4. The summed E-state index contributed by atoms with van der Waals surface area (Å²) >= 11 is 0. The van der Waals surface area contributed by atoms with Gasteiger partial charge in [-0.1, -0.05) is 13.0 Å². The third-order valence-electron chi connectivity index (χ3n) is 4.62. The van der Waals surface area contributed by atoms with Crippen molar-refractivity contribution in [1.29, 1.82) is 5.26 Å². The van der Waals surface area contributed by atoms with E-state index in [1.807, 2.05) is 23.1 Å². The van der Waals surface area contributed by atoms with Gasteiger partial charge in [0.2, 0.25) is 0 Å². The highest BCUT2D eigenvalue weighted by molar-refractivity contribution is 5.95. The second-order valence-corrected chi connectivity index (χ2v) is 6.34. The number of hydrogen-bond acceptors (Lipinski definition) is 4. The Morgan fingerprint density at radius 2 is 2.20 bits per heavy atom. The molecule has 1 atom stereocenters. The van der Waals surface area contributed by atoms with Crippen molar-refractivity contribution in [3.63, 3.8) is 0 Å². The molecule has 2 aromatic rings. The van der Waals surface area contributed by atoms with Crippen molar-refractivity contribution in [2.75, 3.05) is 11.9 Å². The third kappa shape index (κ3) is 3.97. The molecule has 3 rings (SSSR count). The van der Waals surface area contributed by atoms with Crippen LogP contribution in [-0.2, 0) is 0 Å². The fourth-order valence-corrected chi connectivity index (χ4v) is 3.32. The summed E-state index contributed by atoms with van der Waals surface area (Å²) in [6.45, 7) is 2.95. The fourth-order valence-electron chi connectivity index (χ4n) is 3.32. The predicted molar refractivity (Wildman–Crippen MR) is 97.6 cm³/mol. The van der Waals surface area contributed by atoms with Gasteiger partial charge >= 0.3 is 0 Å². The first-order chi connectivity index (χ1) is 12.2. The first-order valence-corrected chi connectivity index (χ1v) is 8.74. The Hall–Kier alpha value is -2.87. The molecule has 5 nitrogen and oxygen atoms in total. The molecule has 1 unspecified atom stereocenters. The van der Waals surface area contributed by atoms with Crippen LogP contribution in [-0.4, -0.2) is 28.4 Å². The number of aromatic nitrogens is 1. The average molecular weight is 334 g/mol. The molecule has 25 heavy (non-hydrogen) atoms. The minimum absolute atomic E-state index is 0.0495. The largest absolute Gasteiger partial charge is 0.354 e. The molecule has 0 aliphatic carbocycles. The van der Waals surface area contributed by atoms with Crippen LogP contribution in [0.1, 0.15) is 48.5 Å². The highest BCUT2D eigenvalue weighted by atomic mass is 16.2. The van der Waals surface area contributed by atoms with E-state index in [-0.39, 0.29) is 5.91 Å². The maximum atomic E-state index is 12.9. The summed E-state index contributed by atoms with van der Waals surface area (Å²) in [4.78, 5) is 19.1. The molecule has 1 aliphatic heterocycles. The van der Waals surface area contributed by atoms with Gasteiger partial charge in [0.1, 0.15) is 0 Å². The summed E-state index contributed by atoms with van der Waals surface area (Å²) < 4.78 is 0. The zero-order valence-corrected chi connectivity index (χ0v) is 14.4. The molecule has 1 aromatic carbocycles. The molecule has 0 radical (unpaired) electrons. The monoisotopic (exact) mass is 334 g/mol. The van der Waals surface area contributed by atoms with Crippen LogP contribution in [0.5, 0.6) is 0 Å². The molecule has 0 saturated carbocycles. The van der Waals surface area contributed by atoms with Crippen molar-refractivity contribution in [3.05, 3.63) is 53.9 Å². The number of pyridine rings is 1. The number of carbonyl (C=O) groups excluding carboxylic acids is 1. The van der Waals surface area contributed by atoms with Crippen LogP contribution in [0.3, 0.4) is 0 Å². The van der Waals surface area contributed by atoms with E-state index in [0.29, 0.717) is 17.2 Å². The Labute approximate surface area is 148 Å². The van der Waals surface area contributed by atoms with Gasteiger partial charge < -0.3 is 10.2 Å². The van der Waals surface area contributed by atoms with Crippen molar-refractivity contribution in [2.45, 2.75) is 38.6 Å². The van der Waals surface area contributed by atoms with Gasteiger partial charge in [0.25, 0.3) is 5.91 Å². The lowest BCUT2D eigenvalue weighted by molar-refractivity contribution is 0.0607. The van der Waals surface area contributed by atoms with Gasteiger partial charge in [0.15, 0.2) is 0 Å². The molecule has 2 heterocycles. The van der Waals surface area contributed by atoms with Crippen molar-refractivity contribution in [3.8, 4) is 6.07 Å². The van der Waals surface area contributed by atoms with Crippen LogP contribution >= 0.6 is 0 Å². The summed E-state index contributed by atoms with van der Waals surface area (Å²) in [7, 11) is 0. The molecular formula is C20H22N4O. The first-order valence-electron chi connectivity index (χ1n) is 8.74. The number of benzene rings is 1. The lowest BCUT2D eigenvalue weighted by atomic mass is 9.99. The van der Waals surface area contributed by atoms with Gasteiger partial charge in [-0.25, -0.2) is 0 Å². The number of nitrogens with zero attached hydrogens (tertiary/aromatic N) is 3. The van der Waals surface area contributed by atoms with Crippen molar-refractivity contribution < 1.29 is 4.79 Å². The second kappa shape index (κ2) is 7.80. The number of nitrogens with one attached hydrogen (secondary N) is 1. The molecule has 0 bridgehead atoms. The Kier molecular flexibility index (Phi) is 5.30. The molecule has 128 valence electrons. The Bertz CT molecular complexity index is 796. The van der Waals surface area contributed by atoms with E-state index in [9.17, 15) is 4.79 Å². The second-order valence-electron chi connectivity index (χ2n) is 6.34. The van der Waals surface area contributed by atoms with E-state index in [2.05, 4.69) is 23.3 Å². The Balaban J connectivity index is 1.78. The number of piperidine rings is 1. The van der Waals surface area contributed by atoms with Crippen molar-refractivity contribution >= 4 is 17.3 Å². The van der Waals surface area contributed by atoms with Gasteiger partial charge in [0, 0.05) is 24.5 Å². The molecular weight excluding hydrogens is 312 g/mol. The van der Waals surface area contributed by atoms with Gasteiger partial charge in [0.05, 0.1) is 29.1 Å². The Morgan fingerprint density at radius 3 is 3.00 bits per heavy atom. The van der Waals surface area contributed by atoms with Gasteiger partial charge in [-0.2, -0.15) is 5.26 Å². The zero-order chi connectivity index (χ0) is 17.6. The molecule has 1 aliphatic rings. The van der Waals surface area contributed by atoms with Crippen LogP contribution in [0, 0.1) is 11.3 Å². The average Bonchev–Trinajstić information content (AvgIpc) is 2.67. The molecule has 1 aromatic heterocycles. The van der Waals surface area contributed by atoms with E-state index in [1.165, 1.54) is 6.42 Å². The molecule has 5 heteroatoms. The number of rotatable bonds is 4. The molecule has 1 N–H and O–H groups in total. The topological polar surface area (TPSA) is 69.0 Å². The molecule has 1 fully saturated rings. The number of carbonyl (C=O) groups is 1. The van der Waals surface area contributed by atoms with E-state index >= 15 is 0 Å². The maximum absolute atomic E-state index is 12.9. The number of likely N-dealkylation sites (tertiary alicyclic amines) is 1. The van der Waals surface area contributed by atoms with Crippen molar-refractivity contribution in [1.82, 2.24) is 9.88 Å². The summed E-state index contributed by atoms with van der Waals surface area (Å²) in [5.74, 6) is 0.0495. The third-order valence-corrected chi connectivity index (χ3v) is 4.62. The van der Waals surface area contributed by atoms with E-state index in [4.69, 9.17) is 5.26 Å². The molecule has 1 saturated heterocycles. The maximum Gasteiger partial charge on any atom is 0.255 e. The van der Waals surface area contributed by atoms with Crippen LogP contribution in [0.25, 0.3) is 0 Å². The fraction of sp³-hybridized carbons (Fsp3) is 0.350. The van der Waals surface area contributed by atoms with E-state index in [0.717, 1.165) is 37.2 Å². The van der Waals surface area contributed by atoms with Crippen LogP contribution < -0.4 is 5.32 Å². The van der Waals surface area contributed by atoms with Crippen LogP contribution in [0.15, 0.2) is 42.7 Å². The summed E-state index contributed by atoms with van der Waals surface area (Å²) in [6.07, 6.45) is 7.63. The highest BCUT2D eigenvalue weighted by Gasteiger charge is 2.26. The smallest absolute Gasteiger partial charge is 0.255 e. The summed E-state index contributed by atoms with van der Waals surface area (Å²) in [5, 5.41) is 12.2. The van der Waals surface area contributed by atoms with Crippen LogP contribution in [0.2, 0.25) is 0 Å². The summed E-state index contributed by atoms with van der Waals surface area (Å²) in [5.41, 5.74) is 2.73. The minimum Gasteiger partial charge on any atom is -0.354 e. The van der Waals surface area contributed by atoms with Gasteiger partial charge in [-0.15, -0.1) is 0 Å². The quantitative estimate of drug-likeness (QED) is 0.914. The Morgan fingerprint density at radius 1 is 1.32 bits per heavy atom. The van der Waals surface area contributed by atoms with E-state index < -0.39 is 0 Å². The first kappa shape index (κ1) is 17.0. The SMILES string of the molecule is CCC1CCCCN1C(=O)c1cncc(Nc2cccc(C#N)c2)c1.